The average molecular weight is 1420 g/mol. The van der Waals surface area contributed by atoms with E-state index in [0.717, 1.165) is 51.4 Å². The molecule has 0 saturated carbocycles. The highest BCUT2D eigenvalue weighted by atomic mass is 16.5. The van der Waals surface area contributed by atoms with E-state index in [2.05, 4.69) is 110 Å². The molecular weight excluding hydrogens is 1320 g/mol. The molecular formula is C95H105NO10. The average Bonchev–Trinajstić information content (AvgIpc) is 0.915. The van der Waals surface area contributed by atoms with Crippen molar-refractivity contribution in [3.63, 3.8) is 0 Å². The first-order valence-electron chi connectivity index (χ1n) is 33.4. The third-order valence-electron chi connectivity index (χ3n) is 19.1. The summed E-state index contributed by atoms with van der Waals surface area (Å²) in [6, 6.07) is 89.1. The summed E-state index contributed by atoms with van der Waals surface area (Å²) >= 11 is 0. The van der Waals surface area contributed by atoms with Crippen LogP contribution in [-0.2, 0) is 28.2 Å². The SMILES string of the molecule is C.C.C.C.C.C.CC(C)(c1ccc(O)cc1)c1ccc(Oc2ccc(C(=O)c3ccc(Oc4ccc(C(C)(C)c5ccc(O)cc5)cc4)cc3)cc2)cc1.CN1COc2ccc(C(C)(C)c3ccc(Oc4ccc(C(=O)c5ccc(Oc6ccc(C(C)(C)c7ccc(O)cc7)cc6)cc5)cc4)cc3)cc2C1. The van der Waals surface area contributed by atoms with Crippen LogP contribution in [0.1, 0.15) is 182 Å². The number of benzene rings is 12. The van der Waals surface area contributed by atoms with Gasteiger partial charge in [0.2, 0.25) is 0 Å². The fraction of sp³-hybridized carbons (Fsp3) is 0.221. The zero-order chi connectivity index (χ0) is 70.3. The molecule has 0 amide bonds. The van der Waals surface area contributed by atoms with Gasteiger partial charge in [-0.2, -0.15) is 0 Å². The van der Waals surface area contributed by atoms with Gasteiger partial charge in [-0.05, 0) is 246 Å². The maximum absolute atomic E-state index is 13.3. The lowest BCUT2D eigenvalue weighted by Gasteiger charge is -2.30. The van der Waals surface area contributed by atoms with Gasteiger partial charge in [0.05, 0.1) is 0 Å². The summed E-state index contributed by atoms with van der Waals surface area (Å²) in [4.78, 5) is 28.7. The molecule has 0 bridgehead atoms. The van der Waals surface area contributed by atoms with Gasteiger partial charge in [0.1, 0.15) is 75.7 Å². The first-order valence-corrected chi connectivity index (χ1v) is 33.4. The number of ketones is 2. The minimum absolute atomic E-state index is 0. The van der Waals surface area contributed by atoms with E-state index in [-0.39, 0.29) is 95.0 Å². The van der Waals surface area contributed by atoms with Crippen molar-refractivity contribution < 1.29 is 48.6 Å². The van der Waals surface area contributed by atoms with Crippen molar-refractivity contribution in [3.8, 4) is 69.0 Å². The number of carbonyl (C=O) groups excluding carboxylic acids is 2. The van der Waals surface area contributed by atoms with Crippen molar-refractivity contribution >= 4 is 11.6 Å². The molecule has 1 aliphatic rings. The van der Waals surface area contributed by atoms with Gasteiger partial charge in [-0.25, -0.2) is 0 Å². The molecule has 12 aromatic rings. The van der Waals surface area contributed by atoms with Gasteiger partial charge in [0, 0.05) is 56.0 Å². The number of carbonyl (C=O) groups is 2. The van der Waals surface area contributed by atoms with Gasteiger partial charge in [0.15, 0.2) is 11.6 Å². The van der Waals surface area contributed by atoms with E-state index in [1.54, 1.807) is 109 Å². The zero-order valence-electron chi connectivity index (χ0n) is 57.7. The number of phenolic OH excluding ortho intramolecular Hbond substituents is 3. The molecule has 0 aliphatic carbocycles. The third-order valence-corrected chi connectivity index (χ3v) is 19.1. The molecule has 0 unspecified atom stereocenters. The highest BCUT2D eigenvalue weighted by Gasteiger charge is 2.28. The molecule has 11 nitrogen and oxygen atoms in total. The summed E-state index contributed by atoms with van der Waals surface area (Å²) in [6.07, 6.45) is 0. The topological polar surface area (TPSA) is 144 Å². The molecule has 3 N–H and O–H groups in total. The van der Waals surface area contributed by atoms with Crippen LogP contribution >= 0.6 is 0 Å². The largest absolute Gasteiger partial charge is 0.508 e. The second-order valence-electron chi connectivity index (χ2n) is 27.5. The van der Waals surface area contributed by atoms with Gasteiger partial charge in [0.25, 0.3) is 0 Å². The number of ether oxygens (including phenoxy) is 5. The normalized spacial score (nSPS) is 11.7. The first-order chi connectivity index (χ1) is 47.9. The van der Waals surface area contributed by atoms with Crippen molar-refractivity contribution in [1.82, 2.24) is 4.90 Å². The van der Waals surface area contributed by atoms with E-state index in [4.69, 9.17) is 23.7 Å². The predicted molar refractivity (Wildman–Crippen MR) is 435 cm³/mol. The molecule has 0 saturated heterocycles. The Kier molecular flexibility index (Phi) is 27.7. The molecule has 550 valence electrons. The van der Waals surface area contributed by atoms with Gasteiger partial charge in [-0.1, -0.05) is 191 Å². The fourth-order valence-corrected chi connectivity index (χ4v) is 12.4. The van der Waals surface area contributed by atoms with Crippen molar-refractivity contribution in [1.29, 1.82) is 0 Å². The van der Waals surface area contributed by atoms with E-state index in [0.29, 0.717) is 69.2 Å². The van der Waals surface area contributed by atoms with Crippen LogP contribution in [0.4, 0.5) is 0 Å². The third kappa shape index (κ3) is 19.2. The molecule has 1 aliphatic heterocycles. The maximum atomic E-state index is 13.3. The Morgan fingerprint density at radius 2 is 0.481 bits per heavy atom. The quantitative estimate of drug-likeness (QED) is 0.0627. The minimum Gasteiger partial charge on any atom is -0.508 e. The lowest BCUT2D eigenvalue weighted by Crippen LogP contribution is -2.28. The molecule has 13 rings (SSSR count). The number of rotatable bonds is 20. The number of fused-ring (bicyclic) bond motifs is 1. The van der Waals surface area contributed by atoms with Gasteiger partial charge >= 0.3 is 0 Å². The molecule has 1 heterocycles. The lowest BCUT2D eigenvalue weighted by atomic mass is 9.77. The van der Waals surface area contributed by atoms with Crippen LogP contribution in [-0.4, -0.2) is 45.6 Å². The predicted octanol–water partition coefficient (Wildman–Crippen LogP) is 25.0. The summed E-state index contributed by atoms with van der Waals surface area (Å²) in [5.41, 5.74) is 11.7. The Labute approximate surface area is 630 Å². The Morgan fingerprint density at radius 3 is 0.708 bits per heavy atom. The second-order valence-corrected chi connectivity index (χ2v) is 27.5. The van der Waals surface area contributed by atoms with Gasteiger partial charge in [-0.3, -0.25) is 14.5 Å². The molecule has 0 atom stereocenters. The van der Waals surface area contributed by atoms with Crippen LogP contribution in [0.2, 0.25) is 0 Å². The summed E-state index contributed by atoms with van der Waals surface area (Å²) in [5.74, 6) is 6.96. The molecule has 0 spiro atoms. The van der Waals surface area contributed by atoms with Crippen LogP contribution in [0.15, 0.2) is 285 Å². The van der Waals surface area contributed by atoms with Crippen LogP contribution in [0, 0.1) is 0 Å². The van der Waals surface area contributed by atoms with Crippen molar-refractivity contribution in [2.45, 2.75) is 128 Å². The minimum atomic E-state index is -0.238. The number of nitrogens with zero attached hydrogens (tertiary/aromatic N) is 1. The Morgan fingerprint density at radius 1 is 0.292 bits per heavy atom. The van der Waals surface area contributed by atoms with E-state index >= 15 is 0 Å². The van der Waals surface area contributed by atoms with Crippen LogP contribution in [0.5, 0.6) is 69.0 Å². The van der Waals surface area contributed by atoms with E-state index in [1.807, 2.05) is 133 Å². The van der Waals surface area contributed by atoms with E-state index < -0.39 is 0 Å². The lowest BCUT2D eigenvalue weighted by molar-refractivity contribution is 0.103. The van der Waals surface area contributed by atoms with Crippen LogP contribution in [0.3, 0.4) is 0 Å². The number of hydrogen-bond donors (Lipinski definition) is 3. The summed E-state index contributed by atoms with van der Waals surface area (Å²) in [6.45, 7) is 18.8. The molecule has 106 heavy (non-hydrogen) atoms. The van der Waals surface area contributed by atoms with Crippen LogP contribution < -0.4 is 23.7 Å². The van der Waals surface area contributed by atoms with Crippen molar-refractivity contribution in [2.75, 3.05) is 13.8 Å². The van der Waals surface area contributed by atoms with Gasteiger partial charge < -0.3 is 39.0 Å². The maximum Gasteiger partial charge on any atom is 0.193 e. The number of aromatic hydroxyl groups is 3. The molecule has 11 heteroatoms. The summed E-state index contributed by atoms with van der Waals surface area (Å²) < 4.78 is 30.2. The van der Waals surface area contributed by atoms with E-state index in [9.17, 15) is 24.9 Å². The van der Waals surface area contributed by atoms with Crippen LogP contribution in [0.25, 0.3) is 0 Å². The number of phenols is 3. The first kappa shape index (κ1) is 83.3. The van der Waals surface area contributed by atoms with Gasteiger partial charge in [-0.15, -0.1) is 0 Å². The number of hydrogen-bond acceptors (Lipinski definition) is 11. The Hall–Kier alpha value is -11.7. The van der Waals surface area contributed by atoms with Crippen molar-refractivity contribution in [3.05, 3.63) is 357 Å². The molecule has 0 radical (unpaired) electrons. The smallest absolute Gasteiger partial charge is 0.193 e. The standard InChI is InChI=1S/C46H43NO5.C43H38O5.6CH4/c1-45(2,34-10-17-38(48)18-11-34)35-12-23-41(24-13-35)51-39-19-6-31(7-20-39)44(49)32-8-21-40(22-9-32)52-42-25-14-36(15-26-42)46(3,4)37-16-27-43-33(28-37)29-47(5)30-50-43;1-42(2,31-9-17-35(44)18-10-31)33-13-25-39(26-14-33)47-37-21-5-29(6-22-37)41(46)30-7-23-38(24-8-30)48-40-27-15-34(16-28-40)43(3,4)32-11-19-36(45)20-12-32;;;;;;/h6-28,48H,29-30H2,1-5H3;5-28,44-45H,1-4H3;6*1H4. The second kappa shape index (κ2) is 35.2. The highest BCUT2D eigenvalue weighted by molar-refractivity contribution is 6.09. The van der Waals surface area contributed by atoms with E-state index in [1.165, 1.54) is 16.7 Å². The summed E-state index contributed by atoms with van der Waals surface area (Å²) in [7, 11) is 2.06. The monoisotopic (exact) mass is 1420 g/mol. The Balaban J connectivity index is 0.000000315. The Bertz CT molecular complexity index is 4630. The fourth-order valence-electron chi connectivity index (χ4n) is 12.4. The molecule has 12 aromatic carbocycles. The zero-order valence-corrected chi connectivity index (χ0v) is 57.7. The van der Waals surface area contributed by atoms with Crippen molar-refractivity contribution in [2.24, 2.45) is 0 Å². The summed E-state index contributed by atoms with van der Waals surface area (Å²) in [5, 5.41) is 28.9. The molecule has 0 fully saturated rings. The highest BCUT2D eigenvalue weighted by Crippen LogP contribution is 2.40. The molecule has 0 aromatic heterocycles.